The molecule has 132 valence electrons. The van der Waals surface area contributed by atoms with E-state index in [0.717, 1.165) is 18.1 Å². The van der Waals surface area contributed by atoms with Crippen molar-refractivity contribution >= 4 is 28.6 Å². The van der Waals surface area contributed by atoms with Gasteiger partial charge >= 0.3 is 11.9 Å². The number of rotatable bonds is 5. The number of carbonyl (C=O) groups is 3. The van der Waals surface area contributed by atoms with Gasteiger partial charge in [-0.05, 0) is 32.4 Å². The van der Waals surface area contributed by atoms with Crippen molar-refractivity contribution in [2.75, 3.05) is 6.61 Å². The molecule has 0 bridgehead atoms. The third-order valence-electron chi connectivity index (χ3n) is 3.51. The number of benzene rings is 1. The van der Waals surface area contributed by atoms with Gasteiger partial charge in [0.05, 0.1) is 6.61 Å². The molecule has 1 unspecified atom stereocenters. The summed E-state index contributed by atoms with van der Waals surface area (Å²) >= 11 is 0. The van der Waals surface area contributed by atoms with E-state index in [1.165, 1.54) is 0 Å². The molecule has 0 aliphatic carbocycles. The van der Waals surface area contributed by atoms with Crippen LogP contribution in [-0.4, -0.2) is 34.7 Å². The lowest BCUT2D eigenvalue weighted by Crippen LogP contribution is -2.27. The molecule has 25 heavy (non-hydrogen) atoms. The zero-order valence-corrected chi connectivity index (χ0v) is 14.5. The Hall–Kier alpha value is -3.03. The number of aryl methyl sites for hydroxylation is 2. The van der Waals surface area contributed by atoms with Crippen LogP contribution in [0.3, 0.4) is 0 Å². The molecule has 1 amide bonds. The minimum absolute atomic E-state index is 0.0316. The van der Waals surface area contributed by atoms with E-state index < -0.39 is 23.9 Å². The van der Waals surface area contributed by atoms with Gasteiger partial charge in [-0.15, -0.1) is 10.2 Å². The first-order valence-corrected chi connectivity index (χ1v) is 7.67. The summed E-state index contributed by atoms with van der Waals surface area (Å²) < 4.78 is 10.0. The molecular formula is C17H19N3O5. The molecule has 1 atom stereocenters. The van der Waals surface area contributed by atoms with Crippen LogP contribution < -0.4 is 5.73 Å². The van der Waals surface area contributed by atoms with Crippen LogP contribution in [0.4, 0.5) is 0 Å². The van der Waals surface area contributed by atoms with E-state index in [4.69, 9.17) is 15.2 Å². The fourth-order valence-electron chi connectivity index (χ4n) is 2.64. The van der Waals surface area contributed by atoms with Crippen LogP contribution in [0.1, 0.15) is 47.3 Å². The number of hydrogen-bond donors (Lipinski definition) is 1. The number of aromatic nitrogens is 2. The first-order valence-electron chi connectivity index (χ1n) is 7.67. The molecular weight excluding hydrogens is 326 g/mol. The van der Waals surface area contributed by atoms with Crippen molar-refractivity contribution in [3.8, 4) is 0 Å². The Kier molecular flexibility index (Phi) is 5.31. The molecule has 0 saturated heterocycles. The largest absolute Gasteiger partial charge is 0.461 e. The molecule has 2 aromatic rings. The topological polar surface area (TPSA) is 121 Å². The maximum absolute atomic E-state index is 12.2. The Morgan fingerprint density at radius 1 is 1.20 bits per heavy atom. The predicted molar refractivity (Wildman–Crippen MR) is 88.7 cm³/mol. The van der Waals surface area contributed by atoms with Gasteiger partial charge in [-0.3, -0.25) is 9.59 Å². The monoisotopic (exact) mass is 345 g/mol. The Morgan fingerprint density at radius 3 is 2.44 bits per heavy atom. The number of nitrogens with two attached hydrogens (primary N) is 1. The fraction of sp³-hybridized carbons (Fsp3) is 0.353. The van der Waals surface area contributed by atoms with Crippen molar-refractivity contribution in [1.29, 1.82) is 0 Å². The summed E-state index contributed by atoms with van der Waals surface area (Å²) in [5.41, 5.74) is 7.09. The van der Waals surface area contributed by atoms with Gasteiger partial charge in [0, 0.05) is 17.7 Å². The van der Waals surface area contributed by atoms with Gasteiger partial charge in [0.2, 0.25) is 6.10 Å². The number of ether oxygens (including phenoxy) is 2. The Bertz CT molecular complexity index is 863. The van der Waals surface area contributed by atoms with Crippen molar-refractivity contribution in [1.82, 2.24) is 10.2 Å². The highest BCUT2D eigenvalue weighted by Gasteiger charge is 2.28. The molecule has 2 N–H and O–H groups in total. The van der Waals surface area contributed by atoms with E-state index in [2.05, 4.69) is 10.2 Å². The number of esters is 2. The zero-order chi connectivity index (χ0) is 18.7. The predicted octanol–water partition coefficient (Wildman–Crippen LogP) is 1.51. The highest BCUT2D eigenvalue weighted by Crippen LogP contribution is 2.30. The second kappa shape index (κ2) is 7.25. The van der Waals surface area contributed by atoms with Gasteiger partial charge < -0.3 is 15.2 Å². The van der Waals surface area contributed by atoms with E-state index in [0.29, 0.717) is 10.8 Å². The van der Waals surface area contributed by atoms with Crippen molar-refractivity contribution < 1.29 is 23.9 Å². The van der Waals surface area contributed by atoms with Crippen LogP contribution in [0.15, 0.2) is 12.1 Å². The van der Waals surface area contributed by atoms with Crippen LogP contribution in [0.25, 0.3) is 10.8 Å². The lowest BCUT2D eigenvalue weighted by molar-refractivity contribution is -0.153. The number of hydrogen-bond acceptors (Lipinski definition) is 7. The Labute approximate surface area is 144 Å². The number of carbonyl (C=O) groups excluding carboxylic acids is 3. The molecule has 0 radical (unpaired) electrons. The van der Waals surface area contributed by atoms with Crippen LogP contribution in [0.5, 0.6) is 0 Å². The summed E-state index contributed by atoms with van der Waals surface area (Å²) in [7, 11) is 0. The number of primary amides is 1. The Morgan fingerprint density at radius 2 is 1.88 bits per heavy atom. The van der Waals surface area contributed by atoms with Gasteiger partial charge in [-0.1, -0.05) is 11.6 Å². The molecule has 1 aromatic heterocycles. The van der Waals surface area contributed by atoms with Gasteiger partial charge in [-0.25, -0.2) is 4.79 Å². The van der Waals surface area contributed by atoms with E-state index in [1.54, 1.807) is 19.9 Å². The molecule has 0 aliphatic heterocycles. The van der Waals surface area contributed by atoms with E-state index in [1.807, 2.05) is 13.0 Å². The first-order chi connectivity index (χ1) is 11.8. The summed E-state index contributed by atoms with van der Waals surface area (Å²) in [4.78, 5) is 35.3. The SMILES string of the molecule is CCOC(=O)c1nnc(C(OC(C)=O)C(N)=O)c2cc(C)cc(C)c12. The second-order valence-corrected chi connectivity index (χ2v) is 5.55. The quantitative estimate of drug-likeness (QED) is 0.815. The summed E-state index contributed by atoms with van der Waals surface area (Å²) in [5, 5.41) is 8.78. The van der Waals surface area contributed by atoms with Crippen LogP contribution >= 0.6 is 0 Å². The van der Waals surface area contributed by atoms with E-state index in [-0.39, 0.29) is 18.0 Å². The van der Waals surface area contributed by atoms with Gasteiger partial charge in [0.1, 0.15) is 5.69 Å². The highest BCUT2D eigenvalue weighted by molar-refractivity contribution is 6.05. The molecule has 0 aliphatic rings. The molecule has 8 nitrogen and oxygen atoms in total. The van der Waals surface area contributed by atoms with Crippen molar-refractivity contribution in [3.05, 3.63) is 34.6 Å². The van der Waals surface area contributed by atoms with Gasteiger partial charge in [-0.2, -0.15) is 0 Å². The molecule has 1 aromatic carbocycles. The molecule has 2 rings (SSSR count). The first kappa shape index (κ1) is 18.3. The lowest BCUT2D eigenvalue weighted by atomic mass is 9.98. The normalized spacial score (nSPS) is 11.8. The summed E-state index contributed by atoms with van der Waals surface area (Å²) in [6, 6.07) is 3.59. The minimum Gasteiger partial charge on any atom is -0.461 e. The Balaban J connectivity index is 2.79. The fourth-order valence-corrected chi connectivity index (χ4v) is 2.64. The van der Waals surface area contributed by atoms with Crippen molar-refractivity contribution in [2.24, 2.45) is 5.73 Å². The highest BCUT2D eigenvalue weighted by atomic mass is 16.5. The molecule has 0 fully saturated rings. The van der Waals surface area contributed by atoms with Crippen LogP contribution in [-0.2, 0) is 19.1 Å². The second-order valence-electron chi connectivity index (χ2n) is 5.55. The van der Waals surface area contributed by atoms with Crippen molar-refractivity contribution in [3.63, 3.8) is 0 Å². The minimum atomic E-state index is -1.40. The van der Waals surface area contributed by atoms with E-state index in [9.17, 15) is 14.4 Å². The van der Waals surface area contributed by atoms with Gasteiger partial charge in [0.15, 0.2) is 5.69 Å². The van der Waals surface area contributed by atoms with Gasteiger partial charge in [0.25, 0.3) is 5.91 Å². The molecule has 8 heteroatoms. The maximum Gasteiger partial charge on any atom is 0.359 e. The standard InChI is InChI=1S/C17H19N3O5/c1-5-24-17(23)14-12-9(3)6-8(2)7-11(12)13(19-20-14)15(16(18)22)25-10(4)21/h6-7,15H,5H2,1-4H3,(H2,18,22). The third-order valence-corrected chi connectivity index (χ3v) is 3.51. The molecule has 0 saturated carbocycles. The average molecular weight is 345 g/mol. The third kappa shape index (κ3) is 3.73. The number of nitrogens with zero attached hydrogens (tertiary/aromatic N) is 2. The molecule has 0 spiro atoms. The van der Waals surface area contributed by atoms with Crippen molar-refractivity contribution in [2.45, 2.75) is 33.8 Å². The number of fused-ring (bicyclic) bond motifs is 1. The maximum atomic E-state index is 12.2. The zero-order valence-electron chi connectivity index (χ0n) is 14.5. The summed E-state index contributed by atoms with van der Waals surface area (Å²) in [6.45, 7) is 6.68. The smallest absolute Gasteiger partial charge is 0.359 e. The van der Waals surface area contributed by atoms with Crippen LogP contribution in [0.2, 0.25) is 0 Å². The lowest BCUT2D eigenvalue weighted by Gasteiger charge is -2.17. The molecule has 1 heterocycles. The number of amides is 1. The summed E-state index contributed by atoms with van der Waals surface area (Å²) in [6.07, 6.45) is -1.40. The summed E-state index contributed by atoms with van der Waals surface area (Å²) in [5.74, 6) is -2.19. The van der Waals surface area contributed by atoms with Crippen LogP contribution in [0, 0.1) is 13.8 Å². The average Bonchev–Trinajstić information content (AvgIpc) is 2.51. The van der Waals surface area contributed by atoms with E-state index >= 15 is 0 Å².